The molecule has 0 bridgehead atoms. The number of pyridine rings is 1. The van der Waals surface area contributed by atoms with Crippen LogP contribution in [-0.4, -0.2) is 16.5 Å². The fourth-order valence-electron chi connectivity index (χ4n) is 1.87. The smallest absolute Gasteiger partial charge is 0.260 e. The molecule has 3 N–H and O–H groups in total. The SMILES string of the molecule is CCCc1ccc(N)nc1-c1ccc(P(C)(=O)O)o1. The zero-order valence-corrected chi connectivity index (χ0v) is 11.9. The number of hydrogen-bond donors (Lipinski definition) is 2. The summed E-state index contributed by atoms with van der Waals surface area (Å²) in [5.74, 6) is 0.873. The number of nitrogens with zero attached hydrogens (tertiary/aromatic N) is 1. The summed E-state index contributed by atoms with van der Waals surface area (Å²) in [4.78, 5) is 13.8. The van der Waals surface area contributed by atoms with Crippen LogP contribution in [0, 0.1) is 0 Å². The minimum absolute atomic E-state index is 0.0779. The number of anilines is 1. The van der Waals surface area contributed by atoms with Crippen molar-refractivity contribution in [2.24, 2.45) is 0 Å². The van der Waals surface area contributed by atoms with Crippen LogP contribution in [0.2, 0.25) is 0 Å². The van der Waals surface area contributed by atoms with Crippen molar-refractivity contribution in [1.29, 1.82) is 0 Å². The average Bonchev–Trinajstić information content (AvgIpc) is 2.80. The molecule has 6 heteroatoms. The van der Waals surface area contributed by atoms with Crippen molar-refractivity contribution in [2.45, 2.75) is 19.8 Å². The molecule has 0 aliphatic rings. The molecule has 2 heterocycles. The maximum absolute atomic E-state index is 11.6. The molecule has 0 saturated carbocycles. The first-order chi connectivity index (χ1) is 8.91. The zero-order chi connectivity index (χ0) is 14.0. The normalized spacial score (nSPS) is 14.3. The van der Waals surface area contributed by atoms with E-state index in [1.54, 1.807) is 12.1 Å². The van der Waals surface area contributed by atoms with E-state index < -0.39 is 7.37 Å². The third-order valence-electron chi connectivity index (χ3n) is 2.75. The van der Waals surface area contributed by atoms with Gasteiger partial charge < -0.3 is 15.0 Å². The van der Waals surface area contributed by atoms with E-state index in [1.165, 1.54) is 12.7 Å². The van der Waals surface area contributed by atoms with Gasteiger partial charge in [-0.3, -0.25) is 4.57 Å². The number of aryl methyl sites for hydroxylation is 1. The van der Waals surface area contributed by atoms with E-state index in [2.05, 4.69) is 11.9 Å². The molecule has 102 valence electrons. The number of nitrogens with two attached hydrogens (primary N) is 1. The Morgan fingerprint density at radius 2 is 2.11 bits per heavy atom. The van der Waals surface area contributed by atoms with E-state index in [0.717, 1.165) is 18.4 Å². The molecule has 19 heavy (non-hydrogen) atoms. The lowest BCUT2D eigenvalue weighted by Crippen LogP contribution is -1.99. The van der Waals surface area contributed by atoms with Crippen molar-refractivity contribution in [3.8, 4) is 11.5 Å². The zero-order valence-electron chi connectivity index (χ0n) is 11.0. The number of nitrogen functional groups attached to an aromatic ring is 1. The standard InChI is InChI=1S/C13H17N2O3P/c1-3-4-9-5-7-11(14)15-13(9)10-6-8-12(18-10)19(2,16)17/h5-8H,3-4H2,1-2H3,(H2,14,15)(H,16,17). The second kappa shape index (κ2) is 5.19. The van der Waals surface area contributed by atoms with Crippen molar-refractivity contribution in [2.75, 3.05) is 12.4 Å². The third-order valence-corrected chi connectivity index (χ3v) is 3.81. The van der Waals surface area contributed by atoms with Crippen molar-refractivity contribution in [1.82, 2.24) is 4.98 Å². The van der Waals surface area contributed by atoms with Crippen LogP contribution in [0.4, 0.5) is 5.82 Å². The number of hydrogen-bond acceptors (Lipinski definition) is 4. The number of furan rings is 1. The molecule has 1 atom stereocenters. The largest absolute Gasteiger partial charge is 0.449 e. The van der Waals surface area contributed by atoms with Crippen LogP contribution < -0.4 is 11.2 Å². The second-order valence-corrected chi connectivity index (χ2v) is 6.71. The average molecular weight is 280 g/mol. The highest BCUT2D eigenvalue weighted by atomic mass is 31.2. The van der Waals surface area contributed by atoms with E-state index in [0.29, 0.717) is 17.3 Å². The molecule has 0 aromatic carbocycles. The molecule has 0 radical (unpaired) electrons. The summed E-state index contributed by atoms with van der Waals surface area (Å²) in [5, 5.41) is 0. The van der Waals surface area contributed by atoms with Crippen molar-refractivity contribution < 1.29 is 13.9 Å². The van der Waals surface area contributed by atoms with Crippen molar-refractivity contribution >= 4 is 18.7 Å². The van der Waals surface area contributed by atoms with Crippen LogP contribution in [0.3, 0.4) is 0 Å². The molecule has 2 aromatic rings. The lowest BCUT2D eigenvalue weighted by molar-refractivity contribution is 0.482. The van der Waals surface area contributed by atoms with E-state index in [1.807, 2.05) is 6.07 Å². The van der Waals surface area contributed by atoms with Gasteiger partial charge in [0.15, 0.2) is 11.3 Å². The van der Waals surface area contributed by atoms with Gasteiger partial charge in [0.25, 0.3) is 7.37 Å². The molecule has 5 nitrogen and oxygen atoms in total. The fraction of sp³-hybridized carbons (Fsp3) is 0.308. The Morgan fingerprint density at radius 1 is 1.37 bits per heavy atom. The van der Waals surface area contributed by atoms with E-state index in [4.69, 9.17) is 10.2 Å². The highest BCUT2D eigenvalue weighted by Crippen LogP contribution is 2.36. The van der Waals surface area contributed by atoms with Crippen LogP contribution >= 0.6 is 7.37 Å². The molecule has 0 fully saturated rings. The predicted molar refractivity (Wildman–Crippen MR) is 75.7 cm³/mol. The Hall–Kier alpha value is -1.58. The molecular formula is C13H17N2O3P. The quantitative estimate of drug-likeness (QED) is 0.839. The minimum Gasteiger partial charge on any atom is -0.449 e. The Bertz CT molecular complexity index is 631. The van der Waals surface area contributed by atoms with Gasteiger partial charge in [-0.15, -0.1) is 0 Å². The molecule has 0 spiro atoms. The maximum atomic E-state index is 11.6. The van der Waals surface area contributed by atoms with E-state index >= 15 is 0 Å². The lowest BCUT2D eigenvalue weighted by atomic mass is 10.1. The highest BCUT2D eigenvalue weighted by molar-refractivity contribution is 7.64. The molecule has 0 amide bonds. The molecule has 1 unspecified atom stereocenters. The first kappa shape index (κ1) is 13.8. The van der Waals surface area contributed by atoms with Gasteiger partial charge >= 0.3 is 0 Å². The molecular weight excluding hydrogens is 263 g/mol. The van der Waals surface area contributed by atoms with Crippen molar-refractivity contribution in [3.63, 3.8) is 0 Å². The molecule has 0 saturated heterocycles. The monoisotopic (exact) mass is 280 g/mol. The maximum Gasteiger partial charge on any atom is 0.260 e. The Balaban J connectivity index is 2.49. The van der Waals surface area contributed by atoms with Crippen LogP contribution in [0.1, 0.15) is 18.9 Å². The summed E-state index contributed by atoms with van der Waals surface area (Å²) in [6, 6.07) is 6.82. The van der Waals surface area contributed by atoms with Gasteiger partial charge in [0, 0.05) is 6.66 Å². The molecule has 2 rings (SSSR count). The van der Waals surface area contributed by atoms with E-state index in [-0.39, 0.29) is 5.50 Å². The van der Waals surface area contributed by atoms with Crippen LogP contribution in [0.5, 0.6) is 0 Å². The lowest BCUT2D eigenvalue weighted by Gasteiger charge is -2.06. The van der Waals surface area contributed by atoms with Gasteiger partial charge in [0.1, 0.15) is 11.5 Å². The van der Waals surface area contributed by atoms with Crippen LogP contribution in [0.15, 0.2) is 28.7 Å². The van der Waals surface area contributed by atoms with Gasteiger partial charge in [0.2, 0.25) is 0 Å². The van der Waals surface area contributed by atoms with Crippen LogP contribution in [-0.2, 0) is 11.0 Å². The summed E-state index contributed by atoms with van der Waals surface area (Å²) in [5.41, 5.74) is 7.43. The summed E-state index contributed by atoms with van der Waals surface area (Å²) < 4.78 is 17.0. The topological polar surface area (TPSA) is 89.3 Å². The van der Waals surface area contributed by atoms with Gasteiger partial charge in [-0.25, -0.2) is 4.98 Å². The minimum atomic E-state index is -3.39. The highest BCUT2D eigenvalue weighted by Gasteiger charge is 2.20. The number of aromatic nitrogens is 1. The predicted octanol–water partition coefficient (Wildman–Crippen LogP) is 2.40. The summed E-state index contributed by atoms with van der Waals surface area (Å²) in [7, 11) is -3.39. The van der Waals surface area contributed by atoms with Crippen LogP contribution in [0.25, 0.3) is 11.5 Å². The summed E-state index contributed by atoms with van der Waals surface area (Å²) in [6.45, 7) is 3.32. The second-order valence-electron chi connectivity index (χ2n) is 4.51. The third kappa shape index (κ3) is 3.06. The molecule has 0 aliphatic carbocycles. The first-order valence-electron chi connectivity index (χ1n) is 6.08. The molecule has 0 aliphatic heterocycles. The van der Waals surface area contributed by atoms with Gasteiger partial charge in [-0.1, -0.05) is 19.4 Å². The Kier molecular flexibility index (Phi) is 3.78. The first-order valence-corrected chi connectivity index (χ1v) is 8.19. The van der Waals surface area contributed by atoms with Gasteiger partial charge in [-0.2, -0.15) is 0 Å². The fourth-order valence-corrected chi connectivity index (χ4v) is 2.48. The van der Waals surface area contributed by atoms with Crippen molar-refractivity contribution in [3.05, 3.63) is 29.8 Å². The summed E-state index contributed by atoms with van der Waals surface area (Å²) in [6.07, 6.45) is 1.82. The van der Waals surface area contributed by atoms with Gasteiger partial charge in [0.05, 0.1) is 0 Å². The molecule has 2 aromatic heterocycles. The Morgan fingerprint density at radius 3 is 2.68 bits per heavy atom. The van der Waals surface area contributed by atoms with Gasteiger partial charge in [-0.05, 0) is 30.2 Å². The van der Waals surface area contributed by atoms with E-state index in [9.17, 15) is 9.46 Å². The number of rotatable bonds is 4. The summed E-state index contributed by atoms with van der Waals surface area (Å²) >= 11 is 0. The Labute approximate surface area is 111 Å².